The molecule has 2 aromatic rings. The first-order chi connectivity index (χ1) is 9.40. The fourth-order valence-corrected chi connectivity index (χ4v) is 1.66. The number of halogens is 4. The molecule has 2 rings (SSSR count). The van der Waals surface area contributed by atoms with E-state index in [1.807, 2.05) is 0 Å². The van der Waals surface area contributed by atoms with Crippen molar-refractivity contribution in [2.45, 2.75) is 0 Å². The minimum Gasteiger partial charge on any atom is -0.506 e. The summed E-state index contributed by atoms with van der Waals surface area (Å²) >= 11 is 5.64. The Kier molecular flexibility index (Phi) is 3.85. The number of phenolic OH excluding ortho intramolecular Hbond substituents is 1. The normalized spacial score (nSPS) is 10.4. The van der Waals surface area contributed by atoms with Crippen LogP contribution in [-0.2, 0) is 0 Å². The van der Waals surface area contributed by atoms with Gasteiger partial charge in [0.15, 0.2) is 17.5 Å². The molecule has 1 amide bonds. The van der Waals surface area contributed by atoms with Crippen LogP contribution in [0.25, 0.3) is 0 Å². The summed E-state index contributed by atoms with van der Waals surface area (Å²) in [7, 11) is 0. The highest BCUT2D eigenvalue weighted by Gasteiger charge is 2.19. The zero-order chi connectivity index (χ0) is 14.9. The fourth-order valence-electron chi connectivity index (χ4n) is 1.48. The Balaban J connectivity index is 2.28. The van der Waals surface area contributed by atoms with Crippen molar-refractivity contribution in [1.82, 2.24) is 0 Å². The second-order valence-electron chi connectivity index (χ2n) is 3.84. The lowest BCUT2D eigenvalue weighted by molar-refractivity contribution is 0.102. The van der Waals surface area contributed by atoms with Gasteiger partial charge in [-0.05, 0) is 30.3 Å². The molecule has 0 aliphatic carbocycles. The number of hydrogen-bond donors (Lipinski definition) is 2. The second kappa shape index (κ2) is 5.42. The van der Waals surface area contributed by atoms with Crippen molar-refractivity contribution in [1.29, 1.82) is 0 Å². The van der Waals surface area contributed by atoms with Gasteiger partial charge in [-0.1, -0.05) is 11.6 Å². The van der Waals surface area contributed by atoms with Crippen molar-refractivity contribution in [3.63, 3.8) is 0 Å². The first-order valence-electron chi connectivity index (χ1n) is 5.33. The smallest absolute Gasteiger partial charge is 0.258 e. The van der Waals surface area contributed by atoms with Crippen LogP contribution in [0.15, 0.2) is 30.3 Å². The van der Waals surface area contributed by atoms with Crippen LogP contribution in [0.1, 0.15) is 10.4 Å². The number of amides is 1. The zero-order valence-electron chi connectivity index (χ0n) is 9.75. The Morgan fingerprint density at radius 3 is 2.45 bits per heavy atom. The molecule has 2 N–H and O–H groups in total. The van der Waals surface area contributed by atoms with Crippen LogP contribution in [0.3, 0.4) is 0 Å². The van der Waals surface area contributed by atoms with Crippen LogP contribution in [0.2, 0.25) is 5.02 Å². The summed E-state index contributed by atoms with van der Waals surface area (Å²) in [5, 5.41) is 11.4. The van der Waals surface area contributed by atoms with Crippen molar-refractivity contribution in [2.75, 3.05) is 5.32 Å². The first-order valence-corrected chi connectivity index (χ1v) is 5.71. The number of aromatic hydroxyl groups is 1. The molecule has 0 aromatic heterocycles. The number of rotatable bonds is 2. The topological polar surface area (TPSA) is 49.3 Å². The van der Waals surface area contributed by atoms with E-state index in [0.29, 0.717) is 6.07 Å². The number of carbonyl (C=O) groups is 1. The Morgan fingerprint density at radius 1 is 1.10 bits per heavy atom. The zero-order valence-corrected chi connectivity index (χ0v) is 10.5. The van der Waals surface area contributed by atoms with Gasteiger partial charge in [0.05, 0.1) is 10.6 Å². The molecule has 20 heavy (non-hydrogen) atoms. The Morgan fingerprint density at radius 2 is 1.80 bits per heavy atom. The lowest BCUT2D eigenvalue weighted by Crippen LogP contribution is -2.15. The summed E-state index contributed by atoms with van der Waals surface area (Å²) in [6, 6.07) is 5.24. The highest BCUT2D eigenvalue weighted by molar-refractivity contribution is 6.32. The van der Waals surface area contributed by atoms with E-state index in [2.05, 4.69) is 5.32 Å². The molecule has 0 saturated heterocycles. The maximum Gasteiger partial charge on any atom is 0.258 e. The number of carbonyl (C=O) groups excluding carboxylic acids is 1. The van der Waals surface area contributed by atoms with Crippen molar-refractivity contribution in [3.05, 3.63) is 58.4 Å². The van der Waals surface area contributed by atoms with Gasteiger partial charge in [0.25, 0.3) is 5.91 Å². The van der Waals surface area contributed by atoms with Crippen LogP contribution >= 0.6 is 11.6 Å². The highest BCUT2D eigenvalue weighted by atomic mass is 35.5. The molecule has 2 aromatic carbocycles. The number of nitrogens with one attached hydrogen (secondary N) is 1. The summed E-state index contributed by atoms with van der Waals surface area (Å²) in [4.78, 5) is 11.7. The van der Waals surface area contributed by atoms with E-state index in [4.69, 9.17) is 11.6 Å². The molecular weight excluding hydrogens is 295 g/mol. The molecule has 7 heteroatoms. The van der Waals surface area contributed by atoms with Gasteiger partial charge in [-0.25, -0.2) is 13.2 Å². The van der Waals surface area contributed by atoms with Crippen LogP contribution in [-0.4, -0.2) is 11.0 Å². The van der Waals surface area contributed by atoms with E-state index >= 15 is 0 Å². The molecule has 3 nitrogen and oxygen atoms in total. The maximum atomic E-state index is 13.4. The van der Waals surface area contributed by atoms with Crippen LogP contribution in [0.4, 0.5) is 18.9 Å². The van der Waals surface area contributed by atoms with Gasteiger partial charge in [-0.3, -0.25) is 4.79 Å². The second-order valence-corrected chi connectivity index (χ2v) is 4.25. The Hall–Kier alpha value is -2.21. The summed E-state index contributed by atoms with van der Waals surface area (Å²) in [6.07, 6.45) is 0. The fraction of sp³-hybridized carbons (Fsp3) is 0. The SMILES string of the molecule is O=C(Nc1ccc(O)c(Cl)c1)c1ccc(F)c(F)c1F. The lowest BCUT2D eigenvalue weighted by Gasteiger charge is -2.07. The summed E-state index contributed by atoms with van der Waals surface area (Å²) in [5.41, 5.74) is -0.477. The maximum absolute atomic E-state index is 13.4. The molecule has 0 heterocycles. The summed E-state index contributed by atoms with van der Waals surface area (Å²) in [6.45, 7) is 0. The van der Waals surface area contributed by atoms with Gasteiger partial charge < -0.3 is 10.4 Å². The quantitative estimate of drug-likeness (QED) is 0.656. The van der Waals surface area contributed by atoms with Crippen molar-refractivity contribution in [3.8, 4) is 5.75 Å². The minimum atomic E-state index is -1.72. The molecule has 0 fully saturated rings. The van der Waals surface area contributed by atoms with Crippen LogP contribution in [0, 0.1) is 17.5 Å². The van der Waals surface area contributed by atoms with Crippen molar-refractivity contribution < 1.29 is 23.1 Å². The molecule has 0 aliphatic rings. The van der Waals surface area contributed by atoms with Gasteiger partial charge in [0, 0.05) is 5.69 Å². The number of phenols is 1. The largest absolute Gasteiger partial charge is 0.506 e. The van der Waals surface area contributed by atoms with Gasteiger partial charge in [0.1, 0.15) is 5.75 Å². The van der Waals surface area contributed by atoms with Crippen molar-refractivity contribution >= 4 is 23.2 Å². The van der Waals surface area contributed by atoms with E-state index in [0.717, 1.165) is 6.07 Å². The standard InChI is InChI=1S/C13H7ClF3NO2/c14-8-5-6(1-4-10(8)19)18-13(20)7-2-3-9(15)12(17)11(7)16/h1-5,19H,(H,18,20). The molecule has 0 spiro atoms. The van der Waals surface area contributed by atoms with Crippen LogP contribution < -0.4 is 5.32 Å². The highest BCUT2D eigenvalue weighted by Crippen LogP contribution is 2.26. The molecule has 0 unspecified atom stereocenters. The molecule has 104 valence electrons. The van der Waals surface area contributed by atoms with Gasteiger partial charge in [-0.15, -0.1) is 0 Å². The molecule has 0 atom stereocenters. The predicted molar refractivity (Wildman–Crippen MR) is 67.4 cm³/mol. The summed E-state index contributed by atoms with van der Waals surface area (Å²) < 4.78 is 39.2. The van der Waals surface area contributed by atoms with E-state index in [-0.39, 0.29) is 16.5 Å². The average Bonchev–Trinajstić information content (AvgIpc) is 2.40. The van der Waals surface area contributed by atoms with E-state index in [1.165, 1.54) is 18.2 Å². The number of hydrogen-bond acceptors (Lipinski definition) is 2. The third kappa shape index (κ3) is 2.70. The lowest BCUT2D eigenvalue weighted by atomic mass is 10.1. The molecule has 0 aliphatic heterocycles. The molecular formula is C13H7ClF3NO2. The first kappa shape index (κ1) is 14.2. The van der Waals surface area contributed by atoms with E-state index in [9.17, 15) is 23.1 Å². The van der Waals surface area contributed by atoms with Crippen molar-refractivity contribution in [2.24, 2.45) is 0 Å². The minimum absolute atomic E-state index is 0.0199. The molecule has 0 saturated carbocycles. The van der Waals surface area contributed by atoms with Gasteiger partial charge in [0.2, 0.25) is 0 Å². The number of anilines is 1. The Bertz CT molecular complexity index is 692. The number of benzene rings is 2. The van der Waals surface area contributed by atoms with Crippen LogP contribution in [0.5, 0.6) is 5.75 Å². The third-order valence-electron chi connectivity index (χ3n) is 2.49. The predicted octanol–water partition coefficient (Wildman–Crippen LogP) is 3.72. The third-order valence-corrected chi connectivity index (χ3v) is 2.79. The van der Waals surface area contributed by atoms with Gasteiger partial charge in [-0.2, -0.15) is 0 Å². The monoisotopic (exact) mass is 301 g/mol. The average molecular weight is 302 g/mol. The molecule has 0 radical (unpaired) electrons. The summed E-state index contributed by atoms with van der Waals surface area (Å²) in [5.74, 6) is -5.84. The van der Waals surface area contributed by atoms with E-state index < -0.39 is 28.9 Å². The van der Waals surface area contributed by atoms with E-state index in [1.54, 1.807) is 0 Å². The Labute approximate surface area is 116 Å². The van der Waals surface area contributed by atoms with Gasteiger partial charge >= 0.3 is 0 Å². The molecule has 0 bridgehead atoms.